The van der Waals surface area contributed by atoms with E-state index in [4.69, 9.17) is 0 Å². The van der Waals surface area contributed by atoms with Gasteiger partial charge >= 0.3 is 0 Å². The van der Waals surface area contributed by atoms with Crippen LogP contribution in [0.5, 0.6) is 0 Å². The zero-order valence-electron chi connectivity index (χ0n) is 11.6. The van der Waals surface area contributed by atoms with Crippen LogP contribution in [0.2, 0.25) is 0 Å². The van der Waals surface area contributed by atoms with Crippen molar-refractivity contribution in [1.29, 1.82) is 5.26 Å². The second-order valence-electron chi connectivity index (χ2n) is 5.62. The Kier molecular flexibility index (Phi) is 3.82. The Morgan fingerprint density at radius 2 is 2.05 bits per heavy atom. The predicted octanol–water partition coefficient (Wildman–Crippen LogP) is 4.93. The number of nitriles is 1. The van der Waals surface area contributed by atoms with Crippen LogP contribution in [-0.4, -0.2) is 0 Å². The zero-order chi connectivity index (χ0) is 14.9. The van der Waals surface area contributed by atoms with E-state index in [9.17, 15) is 9.65 Å². The van der Waals surface area contributed by atoms with Gasteiger partial charge in [0.2, 0.25) is 0 Å². The van der Waals surface area contributed by atoms with Crippen LogP contribution in [-0.2, 0) is 18.3 Å². The number of fused-ring (bicyclic) bond motifs is 1. The summed E-state index contributed by atoms with van der Waals surface area (Å²) in [6, 6.07) is 15.5. The third-order valence-electron chi connectivity index (χ3n) is 4.30. The van der Waals surface area contributed by atoms with Crippen molar-refractivity contribution in [3.05, 3.63) is 69.4 Å². The minimum absolute atomic E-state index is 0.240. The van der Waals surface area contributed by atoms with Crippen LogP contribution in [0.25, 0.3) is 0 Å². The standard InChI is InChI=1S/C18H15BrFN/c19-15-7-8-17(20)14(10-15)11-18(12-21)9-3-5-13-4-1-2-6-16(13)18/h1-2,4,6-8,10H,3,5,9,11H2. The van der Waals surface area contributed by atoms with Crippen molar-refractivity contribution < 1.29 is 4.39 Å². The number of rotatable bonds is 2. The highest BCUT2D eigenvalue weighted by atomic mass is 79.9. The van der Waals surface area contributed by atoms with E-state index in [-0.39, 0.29) is 5.82 Å². The molecule has 0 bridgehead atoms. The molecule has 1 aliphatic rings. The highest BCUT2D eigenvalue weighted by Crippen LogP contribution is 2.40. The molecule has 3 heteroatoms. The van der Waals surface area contributed by atoms with Gasteiger partial charge < -0.3 is 0 Å². The summed E-state index contributed by atoms with van der Waals surface area (Å²) in [7, 11) is 0. The summed E-state index contributed by atoms with van der Waals surface area (Å²) in [5.41, 5.74) is 2.28. The molecule has 0 radical (unpaired) electrons. The summed E-state index contributed by atoms with van der Waals surface area (Å²) in [6.45, 7) is 0. The molecular formula is C18H15BrFN. The Labute approximate surface area is 132 Å². The van der Waals surface area contributed by atoms with Gasteiger partial charge in [0, 0.05) is 4.47 Å². The van der Waals surface area contributed by atoms with E-state index in [0.29, 0.717) is 12.0 Å². The van der Waals surface area contributed by atoms with Gasteiger partial charge in [0.1, 0.15) is 5.82 Å². The van der Waals surface area contributed by atoms with E-state index in [1.807, 2.05) is 18.2 Å². The molecule has 0 heterocycles. The van der Waals surface area contributed by atoms with Crippen molar-refractivity contribution in [2.24, 2.45) is 0 Å². The summed E-state index contributed by atoms with van der Waals surface area (Å²) in [5.74, 6) is -0.240. The second kappa shape index (κ2) is 5.61. The maximum Gasteiger partial charge on any atom is 0.126 e. The van der Waals surface area contributed by atoms with Gasteiger partial charge in [-0.3, -0.25) is 0 Å². The molecule has 1 atom stereocenters. The average Bonchev–Trinajstić information content (AvgIpc) is 2.51. The SMILES string of the molecule is N#CC1(Cc2cc(Br)ccc2F)CCCc2ccccc21. The fourth-order valence-corrected chi connectivity index (χ4v) is 3.67. The van der Waals surface area contributed by atoms with E-state index in [2.05, 4.69) is 28.1 Å². The van der Waals surface area contributed by atoms with Crippen molar-refractivity contribution in [3.8, 4) is 6.07 Å². The molecule has 1 unspecified atom stereocenters. The maximum atomic E-state index is 14.1. The molecule has 0 amide bonds. The van der Waals surface area contributed by atoms with Crippen molar-refractivity contribution in [2.75, 3.05) is 0 Å². The first-order valence-electron chi connectivity index (χ1n) is 7.08. The molecule has 2 aromatic rings. The van der Waals surface area contributed by atoms with Crippen LogP contribution in [0.15, 0.2) is 46.9 Å². The van der Waals surface area contributed by atoms with E-state index in [1.165, 1.54) is 11.6 Å². The Balaban J connectivity index is 2.07. The first-order valence-corrected chi connectivity index (χ1v) is 7.87. The number of hydrogen-bond donors (Lipinski definition) is 0. The lowest BCUT2D eigenvalue weighted by Crippen LogP contribution is -2.32. The normalized spacial score (nSPS) is 20.6. The topological polar surface area (TPSA) is 23.8 Å². The van der Waals surface area contributed by atoms with Gasteiger partial charge in [-0.25, -0.2) is 4.39 Å². The monoisotopic (exact) mass is 343 g/mol. The quantitative estimate of drug-likeness (QED) is 0.758. The molecule has 21 heavy (non-hydrogen) atoms. The van der Waals surface area contributed by atoms with Crippen LogP contribution < -0.4 is 0 Å². The van der Waals surface area contributed by atoms with Gasteiger partial charge in [0.15, 0.2) is 0 Å². The molecular weight excluding hydrogens is 329 g/mol. The molecule has 0 spiro atoms. The Morgan fingerprint density at radius 3 is 2.86 bits per heavy atom. The molecule has 0 saturated carbocycles. The fourth-order valence-electron chi connectivity index (χ4n) is 3.26. The summed E-state index contributed by atoms with van der Waals surface area (Å²) in [6.07, 6.45) is 3.18. The third kappa shape index (κ3) is 2.61. The minimum atomic E-state index is -0.615. The van der Waals surface area contributed by atoms with E-state index in [1.54, 1.807) is 12.1 Å². The first kappa shape index (κ1) is 14.3. The largest absolute Gasteiger partial charge is 0.207 e. The fraction of sp³-hybridized carbons (Fsp3) is 0.278. The molecule has 0 aromatic heterocycles. The van der Waals surface area contributed by atoms with Gasteiger partial charge in [-0.05, 0) is 60.6 Å². The Bertz CT molecular complexity index is 719. The minimum Gasteiger partial charge on any atom is -0.207 e. The van der Waals surface area contributed by atoms with Crippen LogP contribution in [0.3, 0.4) is 0 Å². The van der Waals surface area contributed by atoms with Crippen LogP contribution in [0.1, 0.15) is 29.5 Å². The molecule has 1 aliphatic carbocycles. The number of hydrogen-bond acceptors (Lipinski definition) is 1. The lowest BCUT2D eigenvalue weighted by molar-refractivity contribution is 0.441. The van der Waals surface area contributed by atoms with Crippen LogP contribution in [0.4, 0.5) is 4.39 Å². The highest BCUT2D eigenvalue weighted by molar-refractivity contribution is 9.10. The molecule has 3 rings (SSSR count). The number of aryl methyl sites for hydroxylation is 1. The van der Waals surface area contributed by atoms with Crippen molar-refractivity contribution in [2.45, 2.75) is 31.1 Å². The van der Waals surface area contributed by atoms with Gasteiger partial charge in [-0.1, -0.05) is 40.2 Å². The van der Waals surface area contributed by atoms with Crippen molar-refractivity contribution in [3.63, 3.8) is 0 Å². The highest BCUT2D eigenvalue weighted by Gasteiger charge is 2.37. The first-order chi connectivity index (χ1) is 10.1. The molecule has 0 aliphatic heterocycles. The molecule has 0 saturated heterocycles. The summed E-state index contributed by atoms with van der Waals surface area (Å²) >= 11 is 3.38. The summed E-state index contributed by atoms with van der Waals surface area (Å²) in [4.78, 5) is 0. The van der Waals surface area contributed by atoms with Gasteiger partial charge in [-0.2, -0.15) is 5.26 Å². The molecule has 2 aromatic carbocycles. The molecule has 1 nitrogen and oxygen atoms in total. The summed E-state index contributed by atoms with van der Waals surface area (Å²) < 4.78 is 14.9. The van der Waals surface area contributed by atoms with Crippen LogP contribution >= 0.6 is 15.9 Å². The van der Waals surface area contributed by atoms with Crippen molar-refractivity contribution >= 4 is 15.9 Å². The third-order valence-corrected chi connectivity index (χ3v) is 4.79. The maximum absolute atomic E-state index is 14.1. The van der Waals surface area contributed by atoms with E-state index in [0.717, 1.165) is 29.3 Å². The smallest absolute Gasteiger partial charge is 0.126 e. The van der Waals surface area contributed by atoms with Gasteiger partial charge in [0.25, 0.3) is 0 Å². The molecule has 0 N–H and O–H groups in total. The Morgan fingerprint density at radius 1 is 1.24 bits per heavy atom. The lowest BCUT2D eigenvalue weighted by Gasteiger charge is -2.33. The van der Waals surface area contributed by atoms with E-state index < -0.39 is 5.41 Å². The van der Waals surface area contributed by atoms with Gasteiger partial charge in [0.05, 0.1) is 11.5 Å². The van der Waals surface area contributed by atoms with Crippen molar-refractivity contribution in [1.82, 2.24) is 0 Å². The lowest BCUT2D eigenvalue weighted by atomic mass is 9.68. The zero-order valence-corrected chi connectivity index (χ0v) is 13.2. The molecule has 106 valence electrons. The van der Waals surface area contributed by atoms with Gasteiger partial charge in [-0.15, -0.1) is 0 Å². The predicted molar refractivity (Wildman–Crippen MR) is 84.5 cm³/mol. The summed E-state index contributed by atoms with van der Waals surface area (Å²) in [5, 5.41) is 9.83. The van der Waals surface area contributed by atoms with Crippen LogP contribution in [0, 0.1) is 17.1 Å². The second-order valence-corrected chi connectivity index (χ2v) is 6.53. The number of nitrogens with zero attached hydrogens (tertiary/aromatic N) is 1. The number of benzene rings is 2. The Hall–Kier alpha value is -1.66. The van der Waals surface area contributed by atoms with E-state index >= 15 is 0 Å². The molecule has 0 fully saturated rings. The number of halogens is 2. The average molecular weight is 344 g/mol.